The second kappa shape index (κ2) is 8.03. The molecule has 0 bridgehead atoms. The number of rotatable bonds is 6. The van der Waals surface area contributed by atoms with Crippen molar-refractivity contribution in [2.45, 2.75) is 19.8 Å². The second-order valence-corrected chi connectivity index (χ2v) is 6.43. The molecule has 0 saturated carbocycles. The van der Waals surface area contributed by atoms with E-state index in [-0.39, 0.29) is 34.3 Å². The molecular formula is C21H21FN4O. The van der Waals surface area contributed by atoms with Crippen LogP contribution in [0.1, 0.15) is 24.7 Å². The minimum atomic E-state index is -0.549. The van der Waals surface area contributed by atoms with E-state index < -0.39 is 5.82 Å². The van der Waals surface area contributed by atoms with E-state index in [0.717, 1.165) is 18.2 Å². The summed E-state index contributed by atoms with van der Waals surface area (Å²) >= 11 is 0. The Morgan fingerprint density at radius 2 is 2.00 bits per heavy atom. The molecule has 0 fully saturated rings. The lowest BCUT2D eigenvalue weighted by atomic mass is 9.91. The van der Waals surface area contributed by atoms with Crippen molar-refractivity contribution in [3.63, 3.8) is 0 Å². The number of aromatic nitrogens is 3. The van der Waals surface area contributed by atoms with Gasteiger partial charge in [0, 0.05) is 30.8 Å². The Labute approximate surface area is 157 Å². The summed E-state index contributed by atoms with van der Waals surface area (Å²) in [6, 6.07) is 12.7. The molecule has 0 aliphatic heterocycles. The number of hydrogen-bond acceptors (Lipinski definition) is 4. The maximum absolute atomic E-state index is 14.1. The smallest absolute Gasteiger partial charge is 0.254 e. The molecule has 0 aliphatic carbocycles. The van der Waals surface area contributed by atoms with E-state index in [1.165, 1.54) is 22.9 Å². The van der Waals surface area contributed by atoms with Crippen molar-refractivity contribution in [1.29, 1.82) is 5.41 Å². The zero-order valence-corrected chi connectivity index (χ0v) is 15.3. The number of hydrogen-bond donors (Lipinski definition) is 1. The Hall–Kier alpha value is -3.15. The van der Waals surface area contributed by atoms with Crippen molar-refractivity contribution >= 4 is 5.71 Å². The van der Waals surface area contributed by atoms with E-state index in [1.807, 2.05) is 37.3 Å². The SMILES string of the molecule is CC[C@@H](Cc1ccccc1)C(=N)c1nc(-c2ccncc2F)cc(=O)n1C. The third-order valence-corrected chi connectivity index (χ3v) is 4.65. The first kappa shape index (κ1) is 18.6. The Kier molecular flexibility index (Phi) is 5.54. The maximum atomic E-state index is 14.1. The molecule has 0 saturated heterocycles. The number of halogens is 1. The van der Waals surface area contributed by atoms with Crippen molar-refractivity contribution in [1.82, 2.24) is 14.5 Å². The average Bonchev–Trinajstić information content (AvgIpc) is 2.69. The number of nitrogens with zero attached hydrogens (tertiary/aromatic N) is 3. The van der Waals surface area contributed by atoms with Gasteiger partial charge in [-0.2, -0.15) is 0 Å². The lowest BCUT2D eigenvalue weighted by Crippen LogP contribution is -2.29. The van der Waals surface area contributed by atoms with Crippen LogP contribution in [-0.2, 0) is 13.5 Å². The number of nitrogens with one attached hydrogen (secondary N) is 1. The molecule has 5 nitrogen and oxygen atoms in total. The topological polar surface area (TPSA) is 71.6 Å². The van der Waals surface area contributed by atoms with Crippen LogP contribution in [0.15, 0.2) is 59.7 Å². The molecule has 1 aromatic carbocycles. The molecule has 3 aromatic rings. The predicted octanol–water partition coefficient (Wildman–Crippen LogP) is 3.62. The van der Waals surface area contributed by atoms with Crippen LogP contribution in [0.5, 0.6) is 0 Å². The molecule has 138 valence electrons. The van der Waals surface area contributed by atoms with Crippen molar-refractivity contribution in [3.8, 4) is 11.3 Å². The van der Waals surface area contributed by atoms with Crippen LogP contribution in [0.3, 0.4) is 0 Å². The van der Waals surface area contributed by atoms with Crippen LogP contribution in [0.4, 0.5) is 4.39 Å². The average molecular weight is 364 g/mol. The van der Waals surface area contributed by atoms with Crippen LogP contribution >= 0.6 is 0 Å². The van der Waals surface area contributed by atoms with E-state index >= 15 is 0 Å². The molecule has 1 atom stereocenters. The predicted molar refractivity (Wildman–Crippen MR) is 103 cm³/mol. The zero-order chi connectivity index (χ0) is 19.4. The van der Waals surface area contributed by atoms with Gasteiger partial charge in [-0.15, -0.1) is 0 Å². The molecule has 27 heavy (non-hydrogen) atoms. The van der Waals surface area contributed by atoms with Crippen molar-refractivity contribution < 1.29 is 4.39 Å². The van der Waals surface area contributed by atoms with Gasteiger partial charge in [-0.1, -0.05) is 37.3 Å². The first-order valence-corrected chi connectivity index (χ1v) is 8.82. The van der Waals surface area contributed by atoms with Gasteiger partial charge in [0.25, 0.3) is 5.56 Å². The zero-order valence-electron chi connectivity index (χ0n) is 15.3. The summed E-state index contributed by atoms with van der Waals surface area (Å²) < 4.78 is 15.4. The van der Waals surface area contributed by atoms with Crippen LogP contribution in [0, 0.1) is 17.1 Å². The standard InChI is InChI=1S/C21H21FN4O/c1-3-15(11-14-7-5-4-6-8-14)20(23)21-25-18(12-19(27)26(21)2)16-9-10-24-13-17(16)22/h4-10,12-13,15,23H,3,11H2,1-2H3/t15-/m0/s1. The quantitative estimate of drug-likeness (QED) is 0.679. The number of pyridine rings is 1. The van der Waals surface area contributed by atoms with Gasteiger partial charge in [0.05, 0.1) is 17.6 Å². The summed E-state index contributed by atoms with van der Waals surface area (Å²) in [5.74, 6) is -0.383. The van der Waals surface area contributed by atoms with Crippen LogP contribution in [0.2, 0.25) is 0 Å². The lowest BCUT2D eigenvalue weighted by molar-refractivity contribution is 0.623. The monoisotopic (exact) mass is 364 g/mol. The molecular weight excluding hydrogens is 343 g/mol. The maximum Gasteiger partial charge on any atom is 0.254 e. The van der Waals surface area contributed by atoms with E-state index in [2.05, 4.69) is 9.97 Å². The molecule has 2 aromatic heterocycles. The summed E-state index contributed by atoms with van der Waals surface area (Å²) in [7, 11) is 1.58. The van der Waals surface area contributed by atoms with Crippen molar-refractivity contribution in [2.24, 2.45) is 13.0 Å². The first-order valence-electron chi connectivity index (χ1n) is 8.82. The highest BCUT2D eigenvalue weighted by Crippen LogP contribution is 2.21. The summed E-state index contributed by atoms with van der Waals surface area (Å²) in [6.07, 6.45) is 3.95. The van der Waals surface area contributed by atoms with E-state index in [9.17, 15) is 9.18 Å². The van der Waals surface area contributed by atoms with Gasteiger partial charge in [-0.05, 0) is 24.5 Å². The van der Waals surface area contributed by atoms with Gasteiger partial charge in [-0.25, -0.2) is 9.37 Å². The van der Waals surface area contributed by atoms with Crippen molar-refractivity contribution in [3.05, 3.63) is 82.4 Å². The van der Waals surface area contributed by atoms with Crippen LogP contribution in [-0.4, -0.2) is 20.2 Å². The van der Waals surface area contributed by atoms with E-state index in [4.69, 9.17) is 5.41 Å². The largest absolute Gasteiger partial charge is 0.301 e. The minimum Gasteiger partial charge on any atom is -0.301 e. The van der Waals surface area contributed by atoms with Gasteiger partial charge in [0.15, 0.2) is 11.6 Å². The summed E-state index contributed by atoms with van der Waals surface area (Å²) in [5, 5.41) is 8.66. The molecule has 1 N–H and O–H groups in total. The third-order valence-electron chi connectivity index (χ3n) is 4.65. The highest BCUT2D eigenvalue weighted by atomic mass is 19.1. The lowest BCUT2D eigenvalue weighted by Gasteiger charge is -2.18. The second-order valence-electron chi connectivity index (χ2n) is 6.43. The molecule has 0 unspecified atom stereocenters. The van der Waals surface area contributed by atoms with Gasteiger partial charge in [0.2, 0.25) is 0 Å². The van der Waals surface area contributed by atoms with Crippen molar-refractivity contribution in [2.75, 3.05) is 0 Å². The highest BCUT2D eigenvalue weighted by molar-refractivity contribution is 5.97. The molecule has 0 radical (unpaired) electrons. The van der Waals surface area contributed by atoms with Crippen LogP contribution < -0.4 is 5.56 Å². The Balaban J connectivity index is 2.01. The fourth-order valence-corrected chi connectivity index (χ4v) is 3.03. The van der Waals surface area contributed by atoms with Gasteiger partial charge < -0.3 is 5.41 Å². The third kappa shape index (κ3) is 4.00. The van der Waals surface area contributed by atoms with E-state index in [0.29, 0.717) is 6.42 Å². The summed E-state index contributed by atoms with van der Waals surface area (Å²) in [5.41, 5.74) is 1.48. The molecule has 6 heteroatoms. The Morgan fingerprint density at radius 3 is 2.67 bits per heavy atom. The normalized spacial score (nSPS) is 12.0. The fraction of sp³-hybridized carbons (Fsp3) is 0.238. The summed E-state index contributed by atoms with van der Waals surface area (Å²) in [6.45, 7) is 2.01. The highest BCUT2D eigenvalue weighted by Gasteiger charge is 2.21. The molecule has 0 amide bonds. The Bertz CT molecular complexity index is 1010. The van der Waals surface area contributed by atoms with Crippen LogP contribution in [0.25, 0.3) is 11.3 Å². The Morgan fingerprint density at radius 1 is 1.26 bits per heavy atom. The molecule has 0 aliphatic rings. The molecule has 0 spiro atoms. The number of benzene rings is 1. The van der Waals surface area contributed by atoms with Gasteiger partial charge in [-0.3, -0.25) is 14.3 Å². The van der Waals surface area contributed by atoms with Gasteiger partial charge >= 0.3 is 0 Å². The van der Waals surface area contributed by atoms with E-state index in [1.54, 1.807) is 7.05 Å². The molecule has 3 rings (SSSR count). The summed E-state index contributed by atoms with van der Waals surface area (Å²) in [4.78, 5) is 20.6. The minimum absolute atomic E-state index is 0.0944. The first-order chi connectivity index (χ1) is 13.0. The fourth-order valence-electron chi connectivity index (χ4n) is 3.03. The molecule has 2 heterocycles. The van der Waals surface area contributed by atoms with Gasteiger partial charge in [0.1, 0.15) is 0 Å².